The normalized spacial score (nSPS) is 18.1. The third-order valence-corrected chi connectivity index (χ3v) is 2.63. The number of amides is 1. The van der Waals surface area contributed by atoms with Crippen molar-refractivity contribution in [1.82, 2.24) is 10.2 Å². The molecule has 1 aliphatic heterocycles. The molecule has 1 aliphatic rings. The molecule has 0 saturated carbocycles. The first-order valence-corrected chi connectivity index (χ1v) is 6.07. The van der Waals surface area contributed by atoms with E-state index in [9.17, 15) is 13.6 Å². The van der Waals surface area contributed by atoms with E-state index in [2.05, 4.69) is 5.32 Å². The van der Waals surface area contributed by atoms with Gasteiger partial charge in [0.1, 0.15) is 6.61 Å². The molecule has 0 bridgehead atoms. The summed E-state index contributed by atoms with van der Waals surface area (Å²) < 4.78 is 33.4. The Morgan fingerprint density at radius 2 is 2.11 bits per heavy atom. The summed E-state index contributed by atoms with van der Waals surface area (Å²) in [5.41, 5.74) is 0. The number of rotatable bonds is 7. The van der Waals surface area contributed by atoms with Crippen LogP contribution in [0.25, 0.3) is 0 Å². The van der Waals surface area contributed by atoms with Gasteiger partial charge in [0.15, 0.2) is 0 Å². The molecule has 0 aliphatic carbocycles. The Labute approximate surface area is 105 Å². The van der Waals surface area contributed by atoms with E-state index in [1.807, 2.05) is 0 Å². The predicted octanol–water partition coefficient (Wildman–Crippen LogP) is 0.105. The number of carbonyl (C=O) groups is 1. The highest BCUT2D eigenvalue weighted by Gasteiger charge is 2.21. The maximum Gasteiger partial charge on any atom is 0.261 e. The van der Waals surface area contributed by atoms with E-state index >= 15 is 0 Å². The topological polar surface area (TPSA) is 50.8 Å². The number of nitrogens with zero attached hydrogens (tertiary/aromatic N) is 1. The smallest absolute Gasteiger partial charge is 0.261 e. The second kappa shape index (κ2) is 8.34. The van der Waals surface area contributed by atoms with Crippen LogP contribution in [-0.2, 0) is 14.3 Å². The van der Waals surface area contributed by atoms with E-state index in [0.717, 1.165) is 0 Å². The van der Waals surface area contributed by atoms with Crippen LogP contribution >= 0.6 is 0 Å². The summed E-state index contributed by atoms with van der Waals surface area (Å²) in [5.74, 6) is 0.00663. The van der Waals surface area contributed by atoms with E-state index in [4.69, 9.17) is 9.47 Å². The lowest BCUT2D eigenvalue weighted by Gasteiger charge is -2.29. The van der Waals surface area contributed by atoms with Crippen molar-refractivity contribution in [2.24, 2.45) is 0 Å². The minimum Gasteiger partial charge on any atom is -0.378 e. The zero-order valence-electron chi connectivity index (χ0n) is 10.5. The Bertz CT molecular complexity index is 248. The second-order valence-corrected chi connectivity index (χ2v) is 4.08. The summed E-state index contributed by atoms with van der Waals surface area (Å²) in [6, 6.07) is -0.335. The van der Waals surface area contributed by atoms with Gasteiger partial charge in [0.25, 0.3) is 6.43 Å². The van der Waals surface area contributed by atoms with Gasteiger partial charge in [-0.05, 0) is 6.92 Å². The van der Waals surface area contributed by atoms with Gasteiger partial charge in [-0.3, -0.25) is 4.79 Å². The first kappa shape index (κ1) is 15.3. The van der Waals surface area contributed by atoms with Gasteiger partial charge in [0.05, 0.1) is 25.9 Å². The SMILES string of the molecule is CC(NCCOCC(F)F)C(=O)N1CCOCC1. The zero-order valence-corrected chi connectivity index (χ0v) is 10.5. The molecule has 1 rings (SSSR count). The number of alkyl halides is 2. The molecule has 1 saturated heterocycles. The monoisotopic (exact) mass is 266 g/mol. The minimum absolute atomic E-state index is 0.00663. The summed E-state index contributed by atoms with van der Waals surface area (Å²) in [7, 11) is 0. The molecule has 0 radical (unpaired) electrons. The number of ether oxygens (including phenoxy) is 2. The molecule has 5 nitrogen and oxygen atoms in total. The lowest BCUT2D eigenvalue weighted by Crippen LogP contribution is -2.49. The standard InChI is InChI=1S/C11H20F2N2O3/c1-9(14-2-5-18-8-10(12)13)11(16)15-3-6-17-7-4-15/h9-10,14H,2-8H2,1H3. The molecule has 1 fully saturated rings. The molecule has 1 amide bonds. The Hall–Kier alpha value is -0.790. The van der Waals surface area contributed by atoms with Crippen LogP contribution in [0.5, 0.6) is 0 Å². The van der Waals surface area contributed by atoms with Crippen molar-refractivity contribution in [1.29, 1.82) is 0 Å². The van der Waals surface area contributed by atoms with Crippen molar-refractivity contribution in [3.8, 4) is 0 Å². The van der Waals surface area contributed by atoms with Gasteiger partial charge in [0, 0.05) is 19.6 Å². The molecule has 1 unspecified atom stereocenters. The van der Waals surface area contributed by atoms with E-state index in [1.54, 1.807) is 11.8 Å². The Morgan fingerprint density at radius 3 is 2.72 bits per heavy atom. The number of morpholine rings is 1. The van der Waals surface area contributed by atoms with Gasteiger partial charge in [-0.25, -0.2) is 8.78 Å². The minimum atomic E-state index is -2.45. The summed E-state index contributed by atoms with van der Waals surface area (Å²) in [5, 5.41) is 2.95. The quantitative estimate of drug-likeness (QED) is 0.664. The van der Waals surface area contributed by atoms with Crippen LogP contribution in [0.2, 0.25) is 0 Å². The van der Waals surface area contributed by atoms with Gasteiger partial charge >= 0.3 is 0 Å². The summed E-state index contributed by atoms with van der Waals surface area (Å²) in [4.78, 5) is 13.7. The van der Waals surface area contributed by atoms with E-state index in [0.29, 0.717) is 32.8 Å². The number of hydrogen-bond donors (Lipinski definition) is 1. The third-order valence-electron chi connectivity index (χ3n) is 2.63. The first-order valence-electron chi connectivity index (χ1n) is 6.07. The van der Waals surface area contributed by atoms with E-state index < -0.39 is 13.0 Å². The van der Waals surface area contributed by atoms with Crippen molar-refractivity contribution >= 4 is 5.91 Å². The van der Waals surface area contributed by atoms with Crippen LogP contribution in [-0.4, -0.2) is 69.3 Å². The van der Waals surface area contributed by atoms with E-state index in [1.165, 1.54) is 0 Å². The largest absolute Gasteiger partial charge is 0.378 e. The maximum atomic E-state index is 11.9. The van der Waals surface area contributed by atoms with Crippen molar-refractivity contribution in [3.63, 3.8) is 0 Å². The lowest BCUT2D eigenvalue weighted by molar-refractivity contribution is -0.137. The fraction of sp³-hybridized carbons (Fsp3) is 0.909. The zero-order chi connectivity index (χ0) is 13.4. The second-order valence-electron chi connectivity index (χ2n) is 4.08. The van der Waals surface area contributed by atoms with Crippen LogP contribution in [0.15, 0.2) is 0 Å². The van der Waals surface area contributed by atoms with Crippen LogP contribution in [0.4, 0.5) is 8.78 Å². The molecule has 0 spiro atoms. The molecule has 1 heterocycles. The Morgan fingerprint density at radius 1 is 1.44 bits per heavy atom. The third kappa shape index (κ3) is 5.70. The predicted molar refractivity (Wildman–Crippen MR) is 61.7 cm³/mol. The number of nitrogens with one attached hydrogen (secondary N) is 1. The highest BCUT2D eigenvalue weighted by atomic mass is 19.3. The van der Waals surface area contributed by atoms with Gasteiger partial charge < -0.3 is 19.7 Å². The summed E-state index contributed by atoms with van der Waals surface area (Å²) >= 11 is 0. The van der Waals surface area contributed by atoms with Crippen molar-refractivity contribution in [2.75, 3.05) is 46.1 Å². The maximum absolute atomic E-state index is 11.9. The average Bonchev–Trinajstić information content (AvgIpc) is 2.38. The lowest BCUT2D eigenvalue weighted by atomic mass is 10.2. The van der Waals surface area contributed by atoms with Gasteiger partial charge in [-0.15, -0.1) is 0 Å². The Kier molecular flexibility index (Phi) is 7.07. The molecule has 7 heteroatoms. The van der Waals surface area contributed by atoms with Gasteiger partial charge in [-0.1, -0.05) is 0 Å². The number of halogens is 2. The molecular formula is C11H20F2N2O3. The molecule has 106 valence electrons. The fourth-order valence-electron chi connectivity index (χ4n) is 1.66. The number of hydrogen-bond acceptors (Lipinski definition) is 4. The molecule has 1 N–H and O–H groups in total. The summed E-state index contributed by atoms with van der Waals surface area (Å²) in [6.07, 6.45) is -2.45. The fourth-order valence-corrected chi connectivity index (χ4v) is 1.66. The van der Waals surface area contributed by atoms with Gasteiger partial charge in [0.2, 0.25) is 5.91 Å². The van der Waals surface area contributed by atoms with Crippen molar-refractivity contribution < 1.29 is 23.0 Å². The van der Waals surface area contributed by atoms with Crippen LogP contribution in [0, 0.1) is 0 Å². The molecule has 1 atom stereocenters. The summed E-state index contributed by atoms with van der Waals surface area (Å²) in [6.45, 7) is 4.08. The van der Waals surface area contributed by atoms with E-state index in [-0.39, 0.29) is 18.6 Å². The van der Waals surface area contributed by atoms with Crippen molar-refractivity contribution in [3.05, 3.63) is 0 Å². The van der Waals surface area contributed by atoms with Crippen LogP contribution in [0.3, 0.4) is 0 Å². The molecule has 18 heavy (non-hydrogen) atoms. The van der Waals surface area contributed by atoms with Crippen LogP contribution in [0.1, 0.15) is 6.92 Å². The van der Waals surface area contributed by atoms with Crippen molar-refractivity contribution in [2.45, 2.75) is 19.4 Å². The highest BCUT2D eigenvalue weighted by molar-refractivity contribution is 5.81. The van der Waals surface area contributed by atoms with Crippen LogP contribution < -0.4 is 5.32 Å². The molecule has 0 aromatic heterocycles. The molecule has 0 aromatic carbocycles. The molecular weight excluding hydrogens is 246 g/mol. The van der Waals surface area contributed by atoms with Gasteiger partial charge in [-0.2, -0.15) is 0 Å². The Balaban J connectivity index is 2.11. The first-order chi connectivity index (χ1) is 8.61. The highest BCUT2D eigenvalue weighted by Crippen LogP contribution is 2.00. The average molecular weight is 266 g/mol. The molecule has 0 aromatic rings. The number of carbonyl (C=O) groups excluding carboxylic acids is 1.